The summed E-state index contributed by atoms with van der Waals surface area (Å²) in [7, 11) is 0. The monoisotopic (exact) mass is 301 g/mol. The molecule has 0 spiro atoms. The van der Waals surface area contributed by atoms with Crippen LogP contribution in [0.15, 0.2) is 28.8 Å². The first kappa shape index (κ1) is 12.2. The Bertz CT molecular complexity index is 456. The second kappa shape index (κ2) is 4.96. The molecule has 1 N–H and O–H groups in total. The van der Waals surface area contributed by atoms with Crippen LogP contribution in [-0.4, -0.2) is 5.91 Å². The first-order chi connectivity index (χ1) is 8.08. The van der Waals surface area contributed by atoms with E-state index < -0.39 is 11.6 Å². The topological polar surface area (TPSA) is 29.1 Å². The normalized spacial score (nSPS) is 15.2. The fourth-order valence-electron chi connectivity index (χ4n) is 1.72. The quantitative estimate of drug-likeness (QED) is 0.830. The number of allylic oxidation sites excluding steroid dienone is 2. The van der Waals surface area contributed by atoms with Crippen molar-refractivity contribution < 1.29 is 13.6 Å². The molecule has 0 saturated heterocycles. The summed E-state index contributed by atoms with van der Waals surface area (Å²) in [5, 5.41) is 2.30. The molecule has 0 aromatic heterocycles. The molecule has 2 nitrogen and oxygen atoms in total. The summed E-state index contributed by atoms with van der Waals surface area (Å²) < 4.78 is 27.2. The summed E-state index contributed by atoms with van der Waals surface area (Å²) in [6.07, 6.45) is 5.01. The number of rotatable bonds is 2. The molecular weight excluding hydrogens is 292 g/mol. The zero-order valence-electron chi connectivity index (χ0n) is 8.84. The fourth-order valence-corrected chi connectivity index (χ4v) is 2.12. The molecule has 0 radical (unpaired) electrons. The third-order valence-electron chi connectivity index (χ3n) is 2.63. The van der Waals surface area contributed by atoms with E-state index in [9.17, 15) is 13.6 Å². The van der Waals surface area contributed by atoms with E-state index in [-0.39, 0.29) is 17.5 Å². The average Bonchev–Trinajstić information content (AvgIpc) is 2.76. The van der Waals surface area contributed by atoms with Crippen molar-refractivity contribution in [3.05, 3.63) is 40.4 Å². The standard InChI is InChI=1S/C12H10BrF2NO/c13-8-5-9(14)11(10(15)6-8)16-12(17)7-3-1-2-4-7/h1-2,5-7H,3-4H2,(H,16,17). The van der Waals surface area contributed by atoms with Crippen molar-refractivity contribution in [2.45, 2.75) is 12.8 Å². The highest BCUT2D eigenvalue weighted by molar-refractivity contribution is 9.10. The second-order valence-electron chi connectivity index (χ2n) is 3.87. The molecule has 17 heavy (non-hydrogen) atoms. The van der Waals surface area contributed by atoms with E-state index in [2.05, 4.69) is 21.2 Å². The Labute approximate surface area is 106 Å². The van der Waals surface area contributed by atoms with Gasteiger partial charge in [0.05, 0.1) is 0 Å². The predicted octanol–water partition coefficient (Wildman–Crippen LogP) is 3.63. The molecule has 90 valence electrons. The van der Waals surface area contributed by atoms with Crippen LogP contribution in [0.5, 0.6) is 0 Å². The minimum Gasteiger partial charge on any atom is -0.321 e. The molecule has 1 aliphatic rings. The number of nitrogens with one attached hydrogen (secondary N) is 1. The fraction of sp³-hybridized carbons (Fsp3) is 0.250. The smallest absolute Gasteiger partial charge is 0.228 e. The summed E-state index contributed by atoms with van der Waals surface area (Å²) >= 11 is 2.98. The van der Waals surface area contributed by atoms with E-state index in [1.807, 2.05) is 12.2 Å². The van der Waals surface area contributed by atoms with Crippen molar-refractivity contribution in [2.24, 2.45) is 5.92 Å². The van der Waals surface area contributed by atoms with Crippen molar-refractivity contribution >= 4 is 27.5 Å². The number of anilines is 1. The number of hydrogen-bond acceptors (Lipinski definition) is 1. The molecule has 0 bridgehead atoms. The molecular formula is C12H10BrF2NO. The first-order valence-electron chi connectivity index (χ1n) is 5.18. The Balaban J connectivity index is 2.15. The molecule has 0 saturated carbocycles. The zero-order valence-corrected chi connectivity index (χ0v) is 10.4. The number of benzene rings is 1. The lowest BCUT2D eigenvalue weighted by Crippen LogP contribution is -2.22. The van der Waals surface area contributed by atoms with Crippen LogP contribution in [-0.2, 0) is 4.79 Å². The lowest BCUT2D eigenvalue weighted by molar-refractivity contribution is -0.119. The third-order valence-corrected chi connectivity index (χ3v) is 3.09. The maximum Gasteiger partial charge on any atom is 0.228 e. The summed E-state index contributed by atoms with van der Waals surface area (Å²) in [6, 6.07) is 2.23. The maximum atomic E-state index is 13.5. The van der Waals surface area contributed by atoms with Gasteiger partial charge in [-0.2, -0.15) is 0 Å². The minimum absolute atomic E-state index is 0.225. The largest absolute Gasteiger partial charge is 0.321 e. The summed E-state index contributed by atoms with van der Waals surface area (Å²) in [6.45, 7) is 0. The molecule has 2 rings (SSSR count). The van der Waals surface area contributed by atoms with E-state index in [1.54, 1.807) is 0 Å². The van der Waals surface area contributed by atoms with Crippen molar-refractivity contribution in [1.29, 1.82) is 0 Å². The Morgan fingerprint density at radius 2 is 1.76 bits per heavy atom. The van der Waals surface area contributed by atoms with Crippen LogP contribution in [0, 0.1) is 17.6 Å². The van der Waals surface area contributed by atoms with Crippen LogP contribution in [0.25, 0.3) is 0 Å². The van der Waals surface area contributed by atoms with Gasteiger partial charge < -0.3 is 5.32 Å². The van der Waals surface area contributed by atoms with Gasteiger partial charge in [0.1, 0.15) is 5.69 Å². The lowest BCUT2D eigenvalue weighted by atomic mass is 10.1. The molecule has 0 aliphatic heterocycles. The van der Waals surface area contributed by atoms with E-state index in [4.69, 9.17) is 0 Å². The van der Waals surface area contributed by atoms with E-state index in [1.165, 1.54) is 0 Å². The first-order valence-corrected chi connectivity index (χ1v) is 5.97. The van der Waals surface area contributed by atoms with Gasteiger partial charge in [-0.05, 0) is 25.0 Å². The van der Waals surface area contributed by atoms with Gasteiger partial charge >= 0.3 is 0 Å². The van der Waals surface area contributed by atoms with Crippen LogP contribution < -0.4 is 5.32 Å². The third kappa shape index (κ3) is 2.72. The number of carbonyl (C=O) groups is 1. The van der Waals surface area contributed by atoms with Crippen molar-refractivity contribution in [2.75, 3.05) is 5.32 Å². The van der Waals surface area contributed by atoms with Gasteiger partial charge in [0.15, 0.2) is 11.6 Å². The molecule has 5 heteroatoms. The highest BCUT2D eigenvalue weighted by Crippen LogP contribution is 2.26. The molecule has 0 atom stereocenters. The summed E-state index contributed by atoms with van der Waals surface area (Å²) in [5.74, 6) is -2.14. The van der Waals surface area contributed by atoms with Crippen LogP contribution >= 0.6 is 15.9 Å². The summed E-state index contributed by atoms with van der Waals surface area (Å²) in [4.78, 5) is 11.7. The average molecular weight is 302 g/mol. The Hall–Kier alpha value is -1.23. The van der Waals surface area contributed by atoms with Gasteiger partial charge in [-0.15, -0.1) is 0 Å². The highest BCUT2D eigenvalue weighted by Gasteiger charge is 2.21. The SMILES string of the molecule is O=C(Nc1c(F)cc(Br)cc1F)C1CC=CC1. The molecule has 0 heterocycles. The Morgan fingerprint density at radius 3 is 2.29 bits per heavy atom. The van der Waals surface area contributed by atoms with Crippen LogP contribution in [0.2, 0.25) is 0 Å². The minimum atomic E-state index is -0.781. The van der Waals surface area contributed by atoms with Crippen LogP contribution in [0.1, 0.15) is 12.8 Å². The lowest BCUT2D eigenvalue weighted by Gasteiger charge is -2.12. The van der Waals surface area contributed by atoms with Crippen molar-refractivity contribution in [3.63, 3.8) is 0 Å². The van der Waals surface area contributed by atoms with Gasteiger partial charge in [-0.25, -0.2) is 8.78 Å². The molecule has 1 amide bonds. The molecule has 1 aromatic carbocycles. The predicted molar refractivity (Wildman–Crippen MR) is 64.6 cm³/mol. The van der Waals surface area contributed by atoms with E-state index in [0.717, 1.165) is 12.1 Å². The molecule has 0 fully saturated rings. The molecule has 1 aromatic rings. The van der Waals surface area contributed by atoms with Gasteiger partial charge in [-0.1, -0.05) is 28.1 Å². The van der Waals surface area contributed by atoms with Gasteiger partial charge in [0, 0.05) is 10.4 Å². The number of carbonyl (C=O) groups excluding carboxylic acids is 1. The second-order valence-corrected chi connectivity index (χ2v) is 4.79. The van der Waals surface area contributed by atoms with Crippen LogP contribution in [0.3, 0.4) is 0 Å². The van der Waals surface area contributed by atoms with Gasteiger partial charge in [0.2, 0.25) is 5.91 Å². The van der Waals surface area contributed by atoms with E-state index >= 15 is 0 Å². The van der Waals surface area contributed by atoms with Crippen LogP contribution in [0.4, 0.5) is 14.5 Å². The van der Waals surface area contributed by atoms with E-state index in [0.29, 0.717) is 17.3 Å². The maximum absolute atomic E-state index is 13.5. The highest BCUT2D eigenvalue weighted by atomic mass is 79.9. The molecule has 0 unspecified atom stereocenters. The Kier molecular flexibility index (Phi) is 3.57. The molecule has 1 aliphatic carbocycles. The number of hydrogen-bond donors (Lipinski definition) is 1. The number of halogens is 3. The zero-order chi connectivity index (χ0) is 12.4. The van der Waals surface area contributed by atoms with Gasteiger partial charge in [-0.3, -0.25) is 4.79 Å². The van der Waals surface area contributed by atoms with Crippen molar-refractivity contribution in [3.8, 4) is 0 Å². The summed E-state index contributed by atoms with van der Waals surface area (Å²) in [5.41, 5.74) is -0.384. The Morgan fingerprint density at radius 1 is 1.24 bits per heavy atom. The van der Waals surface area contributed by atoms with Crippen molar-refractivity contribution in [1.82, 2.24) is 0 Å². The van der Waals surface area contributed by atoms with Gasteiger partial charge in [0.25, 0.3) is 0 Å². The number of amides is 1.